The Morgan fingerprint density at radius 1 is 1.00 bits per heavy atom. The summed E-state index contributed by atoms with van der Waals surface area (Å²) in [5.74, 6) is 0. The molecular weight excluding hydrogens is 262 g/mol. The summed E-state index contributed by atoms with van der Waals surface area (Å²) in [6.07, 6.45) is 12.8. The van der Waals surface area contributed by atoms with Gasteiger partial charge in [-0.05, 0) is 37.3 Å². The van der Waals surface area contributed by atoms with Gasteiger partial charge in [0.15, 0.2) is 0 Å². The molecule has 0 unspecified atom stereocenters. The zero-order valence-corrected chi connectivity index (χ0v) is 14.3. The zero-order chi connectivity index (χ0) is 14.6. The van der Waals surface area contributed by atoms with Gasteiger partial charge < -0.3 is 5.32 Å². The molecule has 114 valence electrons. The van der Waals surface area contributed by atoms with E-state index in [-0.39, 0.29) is 0 Å². The SMILES string of the molecule is CCCCCC(CCCCC)Nc1cccc(SC)c1. The van der Waals surface area contributed by atoms with Crippen molar-refractivity contribution in [3.05, 3.63) is 24.3 Å². The molecule has 0 aliphatic rings. The normalized spacial score (nSPS) is 11.0. The maximum absolute atomic E-state index is 3.76. The Balaban J connectivity index is 2.51. The summed E-state index contributed by atoms with van der Waals surface area (Å²) >= 11 is 1.81. The minimum atomic E-state index is 0.644. The van der Waals surface area contributed by atoms with Crippen LogP contribution >= 0.6 is 11.8 Å². The van der Waals surface area contributed by atoms with E-state index in [9.17, 15) is 0 Å². The molecular formula is C18H31NS. The van der Waals surface area contributed by atoms with Crippen molar-refractivity contribution in [1.82, 2.24) is 0 Å². The van der Waals surface area contributed by atoms with Crippen LogP contribution in [0.15, 0.2) is 29.2 Å². The van der Waals surface area contributed by atoms with E-state index >= 15 is 0 Å². The van der Waals surface area contributed by atoms with E-state index in [0.717, 1.165) is 0 Å². The second kappa shape index (κ2) is 11.1. The minimum Gasteiger partial charge on any atom is -0.382 e. The highest BCUT2D eigenvalue weighted by molar-refractivity contribution is 7.98. The lowest BCUT2D eigenvalue weighted by molar-refractivity contribution is 0.526. The predicted octanol–water partition coefficient (Wildman–Crippen LogP) is 6.35. The third-order valence-electron chi connectivity index (χ3n) is 3.75. The van der Waals surface area contributed by atoms with Gasteiger partial charge in [-0.25, -0.2) is 0 Å². The highest BCUT2D eigenvalue weighted by Gasteiger charge is 2.08. The Morgan fingerprint density at radius 3 is 2.20 bits per heavy atom. The number of thioether (sulfide) groups is 1. The van der Waals surface area contributed by atoms with Crippen molar-refractivity contribution < 1.29 is 0 Å². The molecule has 1 rings (SSSR count). The Kier molecular flexibility index (Phi) is 9.65. The number of hydrogen-bond acceptors (Lipinski definition) is 2. The van der Waals surface area contributed by atoms with Crippen molar-refractivity contribution in [2.24, 2.45) is 0 Å². The van der Waals surface area contributed by atoms with E-state index in [1.165, 1.54) is 61.9 Å². The maximum atomic E-state index is 3.76. The number of nitrogens with one attached hydrogen (secondary N) is 1. The van der Waals surface area contributed by atoms with Crippen LogP contribution in [-0.2, 0) is 0 Å². The van der Waals surface area contributed by atoms with E-state index in [4.69, 9.17) is 0 Å². The van der Waals surface area contributed by atoms with Crippen molar-refractivity contribution in [1.29, 1.82) is 0 Å². The van der Waals surface area contributed by atoms with Gasteiger partial charge in [0, 0.05) is 16.6 Å². The van der Waals surface area contributed by atoms with Gasteiger partial charge in [0.25, 0.3) is 0 Å². The van der Waals surface area contributed by atoms with Crippen LogP contribution in [-0.4, -0.2) is 12.3 Å². The van der Waals surface area contributed by atoms with Gasteiger partial charge in [0.2, 0.25) is 0 Å². The van der Waals surface area contributed by atoms with Crippen molar-refractivity contribution in [2.75, 3.05) is 11.6 Å². The molecule has 1 N–H and O–H groups in total. The average Bonchev–Trinajstić information content (AvgIpc) is 2.47. The van der Waals surface area contributed by atoms with Gasteiger partial charge in [0.1, 0.15) is 0 Å². The monoisotopic (exact) mass is 293 g/mol. The zero-order valence-electron chi connectivity index (χ0n) is 13.5. The first kappa shape index (κ1) is 17.4. The van der Waals surface area contributed by atoms with Crippen molar-refractivity contribution >= 4 is 17.4 Å². The maximum Gasteiger partial charge on any atom is 0.0353 e. The molecule has 2 heteroatoms. The van der Waals surface area contributed by atoms with Crippen LogP contribution < -0.4 is 5.32 Å². The third-order valence-corrected chi connectivity index (χ3v) is 4.48. The highest BCUT2D eigenvalue weighted by atomic mass is 32.2. The van der Waals surface area contributed by atoms with E-state index in [0.29, 0.717) is 6.04 Å². The lowest BCUT2D eigenvalue weighted by Gasteiger charge is -2.20. The standard InChI is InChI=1S/C18H31NS/c1-4-6-8-11-16(12-9-7-5-2)19-17-13-10-14-18(15-17)20-3/h10,13-16,19H,4-9,11-12H2,1-3H3. The van der Waals surface area contributed by atoms with E-state index in [2.05, 4.69) is 49.7 Å². The van der Waals surface area contributed by atoms with Crippen LogP contribution in [0.5, 0.6) is 0 Å². The molecule has 0 spiro atoms. The molecule has 1 aromatic rings. The fourth-order valence-corrected chi connectivity index (χ4v) is 2.98. The van der Waals surface area contributed by atoms with E-state index in [1.54, 1.807) is 0 Å². The van der Waals surface area contributed by atoms with Crippen LogP contribution in [0.25, 0.3) is 0 Å². The molecule has 1 aromatic carbocycles. The number of unbranched alkanes of at least 4 members (excludes halogenated alkanes) is 4. The lowest BCUT2D eigenvalue weighted by atomic mass is 10.0. The Hall–Kier alpha value is -0.630. The van der Waals surface area contributed by atoms with Crippen LogP contribution in [0.1, 0.15) is 65.2 Å². The molecule has 0 radical (unpaired) electrons. The number of benzene rings is 1. The molecule has 0 aliphatic carbocycles. The molecule has 0 saturated heterocycles. The van der Waals surface area contributed by atoms with Gasteiger partial charge >= 0.3 is 0 Å². The minimum absolute atomic E-state index is 0.644. The molecule has 0 aromatic heterocycles. The van der Waals surface area contributed by atoms with Gasteiger partial charge in [-0.1, -0.05) is 58.4 Å². The first-order valence-corrected chi connectivity index (χ1v) is 9.43. The second-order valence-corrected chi connectivity index (χ2v) is 6.44. The summed E-state index contributed by atoms with van der Waals surface area (Å²) in [5, 5.41) is 3.76. The molecule has 0 heterocycles. The first-order chi connectivity index (χ1) is 9.80. The predicted molar refractivity (Wildman–Crippen MR) is 93.9 cm³/mol. The third kappa shape index (κ3) is 7.23. The van der Waals surface area contributed by atoms with Crippen molar-refractivity contribution in [2.45, 2.75) is 76.2 Å². The molecule has 0 fully saturated rings. The Bertz CT molecular complexity index is 341. The largest absolute Gasteiger partial charge is 0.382 e. The molecule has 0 atom stereocenters. The fourth-order valence-electron chi connectivity index (χ4n) is 2.52. The number of anilines is 1. The number of hydrogen-bond donors (Lipinski definition) is 1. The molecule has 1 nitrogen and oxygen atoms in total. The summed E-state index contributed by atoms with van der Waals surface area (Å²) in [6, 6.07) is 9.46. The van der Waals surface area contributed by atoms with Gasteiger partial charge in [0.05, 0.1) is 0 Å². The summed E-state index contributed by atoms with van der Waals surface area (Å²) in [5.41, 5.74) is 1.29. The molecule has 0 amide bonds. The molecule has 0 saturated carbocycles. The molecule has 0 aliphatic heterocycles. The quantitative estimate of drug-likeness (QED) is 0.377. The average molecular weight is 294 g/mol. The Morgan fingerprint density at radius 2 is 1.65 bits per heavy atom. The molecule has 0 bridgehead atoms. The van der Waals surface area contributed by atoms with Crippen LogP contribution in [0, 0.1) is 0 Å². The van der Waals surface area contributed by atoms with Crippen LogP contribution in [0.2, 0.25) is 0 Å². The van der Waals surface area contributed by atoms with Gasteiger partial charge in [-0.15, -0.1) is 11.8 Å². The smallest absolute Gasteiger partial charge is 0.0353 e. The lowest BCUT2D eigenvalue weighted by Crippen LogP contribution is -2.19. The van der Waals surface area contributed by atoms with Crippen LogP contribution in [0.4, 0.5) is 5.69 Å². The second-order valence-electron chi connectivity index (χ2n) is 5.56. The summed E-state index contributed by atoms with van der Waals surface area (Å²) < 4.78 is 0. The van der Waals surface area contributed by atoms with Gasteiger partial charge in [-0.2, -0.15) is 0 Å². The molecule has 20 heavy (non-hydrogen) atoms. The van der Waals surface area contributed by atoms with Crippen molar-refractivity contribution in [3.63, 3.8) is 0 Å². The highest BCUT2D eigenvalue weighted by Crippen LogP contribution is 2.22. The number of rotatable bonds is 11. The fraction of sp³-hybridized carbons (Fsp3) is 0.667. The Labute approximate surface area is 129 Å². The van der Waals surface area contributed by atoms with E-state index < -0.39 is 0 Å². The topological polar surface area (TPSA) is 12.0 Å². The van der Waals surface area contributed by atoms with Crippen LogP contribution in [0.3, 0.4) is 0 Å². The van der Waals surface area contributed by atoms with E-state index in [1.807, 2.05) is 11.8 Å². The van der Waals surface area contributed by atoms with Crippen molar-refractivity contribution in [3.8, 4) is 0 Å². The summed E-state index contributed by atoms with van der Waals surface area (Å²) in [7, 11) is 0. The first-order valence-electron chi connectivity index (χ1n) is 8.20. The summed E-state index contributed by atoms with van der Waals surface area (Å²) in [6.45, 7) is 4.56. The summed E-state index contributed by atoms with van der Waals surface area (Å²) in [4.78, 5) is 1.34. The van der Waals surface area contributed by atoms with Gasteiger partial charge in [-0.3, -0.25) is 0 Å².